The molecule has 0 aliphatic rings. The van der Waals surface area contributed by atoms with Crippen molar-refractivity contribution >= 4 is 16.5 Å². The van der Waals surface area contributed by atoms with Crippen LogP contribution in [0.3, 0.4) is 0 Å². The monoisotopic (exact) mass is 283 g/mol. The number of rotatable bonds is 9. The second kappa shape index (κ2) is 8.54. The SMILES string of the molecule is CCCCN(c1nc(CNC(C)C)cs1)C(C)CC. The summed E-state index contributed by atoms with van der Waals surface area (Å²) in [5.74, 6) is 0. The third kappa shape index (κ3) is 5.49. The smallest absolute Gasteiger partial charge is 0.185 e. The largest absolute Gasteiger partial charge is 0.345 e. The van der Waals surface area contributed by atoms with E-state index in [4.69, 9.17) is 4.98 Å². The Balaban J connectivity index is 2.67. The molecule has 0 aliphatic carbocycles. The van der Waals surface area contributed by atoms with Gasteiger partial charge in [-0.1, -0.05) is 34.1 Å². The van der Waals surface area contributed by atoms with Crippen LogP contribution in [0, 0.1) is 0 Å². The van der Waals surface area contributed by atoms with Crippen molar-refractivity contribution in [3.8, 4) is 0 Å². The lowest BCUT2D eigenvalue weighted by Gasteiger charge is -2.28. The fourth-order valence-electron chi connectivity index (χ4n) is 1.87. The molecule has 3 nitrogen and oxygen atoms in total. The summed E-state index contributed by atoms with van der Waals surface area (Å²) in [5.41, 5.74) is 1.17. The Hall–Kier alpha value is -0.610. The van der Waals surface area contributed by atoms with E-state index >= 15 is 0 Å². The molecule has 0 spiro atoms. The Labute approximate surface area is 122 Å². The summed E-state index contributed by atoms with van der Waals surface area (Å²) < 4.78 is 0. The number of unbranched alkanes of at least 4 members (excludes halogenated alkanes) is 1. The summed E-state index contributed by atoms with van der Waals surface area (Å²) >= 11 is 1.78. The fourth-order valence-corrected chi connectivity index (χ4v) is 2.83. The number of nitrogens with one attached hydrogen (secondary N) is 1. The maximum absolute atomic E-state index is 4.79. The molecule has 0 bridgehead atoms. The molecule has 0 aromatic carbocycles. The molecule has 1 rings (SSSR count). The van der Waals surface area contributed by atoms with Gasteiger partial charge in [-0.3, -0.25) is 0 Å². The first-order chi connectivity index (χ1) is 9.08. The number of aromatic nitrogens is 1. The van der Waals surface area contributed by atoms with Gasteiger partial charge >= 0.3 is 0 Å². The normalized spacial score (nSPS) is 12.9. The summed E-state index contributed by atoms with van der Waals surface area (Å²) in [6.07, 6.45) is 3.65. The first-order valence-electron chi connectivity index (χ1n) is 7.52. The second-order valence-corrected chi connectivity index (χ2v) is 6.30. The van der Waals surface area contributed by atoms with Crippen LogP contribution in [0.5, 0.6) is 0 Å². The molecule has 19 heavy (non-hydrogen) atoms. The quantitative estimate of drug-likeness (QED) is 0.741. The molecule has 1 heterocycles. The van der Waals surface area contributed by atoms with Crippen LogP contribution < -0.4 is 10.2 Å². The molecule has 4 heteroatoms. The summed E-state index contributed by atoms with van der Waals surface area (Å²) in [4.78, 5) is 7.25. The van der Waals surface area contributed by atoms with Crippen LogP contribution in [-0.4, -0.2) is 23.6 Å². The summed E-state index contributed by atoms with van der Waals surface area (Å²) in [6.45, 7) is 13.1. The second-order valence-electron chi connectivity index (χ2n) is 5.46. The van der Waals surface area contributed by atoms with Crippen molar-refractivity contribution in [2.75, 3.05) is 11.4 Å². The van der Waals surface area contributed by atoms with Gasteiger partial charge in [0, 0.05) is 30.6 Å². The highest BCUT2D eigenvalue weighted by Crippen LogP contribution is 2.24. The minimum Gasteiger partial charge on any atom is -0.345 e. The lowest BCUT2D eigenvalue weighted by atomic mass is 10.2. The van der Waals surface area contributed by atoms with Gasteiger partial charge < -0.3 is 10.2 Å². The molecule has 0 saturated carbocycles. The van der Waals surface area contributed by atoms with Gasteiger partial charge in [-0.2, -0.15) is 0 Å². The molecule has 0 radical (unpaired) electrons. The fraction of sp³-hybridized carbons (Fsp3) is 0.800. The van der Waals surface area contributed by atoms with E-state index in [2.05, 4.69) is 50.2 Å². The standard InChI is InChI=1S/C15H29N3S/c1-6-8-9-18(13(5)7-2)15-17-14(11-19-15)10-16-12(3)4/h11-13,16H,6-10H2,1-5H3. The van der Waals surface area contributed by atoms with Crippen molar-refractivity contribution in [1.29, 1.82) is 0 Å². The van der Waals surface area contributed by atoms with E-state index in [-0.39, 0.29) is 0 Å². The van der Waals surface area contributed by atoms with E-state index in [0.717, 1.165) is 13.1 Å². The Morgan fingerprint density at radius 3 is 2.63 bits per heavy atom. The lowest BCUT2D eigenvalue weighted by molar-refractivity contribution is 0.577. The average molecular weight is 283 g/mol. The zero-order valence-corrected chi connectivity index (χ0v) is 13.9. The highest BCUT2D eigenvalue weighted by atomic mass is 32.1. The van der Waals surface area contributed by atoms with Crippen LogP contribution in [0.2, 0.25) is 0 Å². The van der Waals surface area contributed by atoms with Gasteiger partial charge in [-0.05, 0) is 19.8 Å². The lowest BCUT2D eigenvalue weighted by Crippen LogP contribution is -2.33. The van der Waals surface area contributed by atoms with Crippen LogP contribution in [0.15, 0.2) is 5.38 Å². The molecule has 0 fully saturated rings. The van der Waals surface area contributed by atoms with Gasteiger partial charge in [0.1, 0.15) is 0 Å². The zero-order valence-electron chi connectivity index (χ0n) is 13.1. The molecular formula is C15H29N3S. The van der Waals surface area contributed by atoms with Crippen LogP contribution >= 0.6 is 11.3 Å². The van der Waals surface area contributed by atoms with Gasteiger partial charge in [-0.25, -0.2) is 4.98 Å². The summed E-state index contributed by atoms with van der Waals surface area (Å²) in [6, 6.07) is 1.08. The van der Waals surface area contributed by atoms with Gasteiger partial charge in [-0.15, -0.1) is 11.3 Å². The van der Waals surface area contributed by atoms with E-state index in [0.29, 0.717) is 12.1 Å². The Bertz CT molecular complexity index is 349. The van der Waals surface area contributed by atoms with Crippen LogP contribution in [0.25, 0.3) is 0 Å². The predicted molar refractivity (Wildman–Crippen MR) is 86.1 cm³/mol. The molecule has 1 aromatic rings. The Morgan fingerprint density at radius 2 is 2.05 bits per heavy atom. The first-order valence-corrected chi connectivity index (χ1v) is 8.40. The number of hydrogen-bond acceptors (Lipinski definition) is 4. The van der Waals surface area contributed by atoms with Crippen LogP contribution in [-0.2, 0) is 6.54 Å². The van der Waals surface area contributed by atoms with Gasteiger partial charge in [0.25, 0.3) is 0 Å². The highest BCUT2D eigenvalue weighted by molar-refractivity contribution is 7.13. The van der Waals surface area contributed by atoms with Gasteiger partial charge in [0.15, 0.2) is 5.13 Å². The van der Waals surface area contributed by atoms with Crippen molar-refractivity contribution in [3.05, 3.63) is 11.1 Å². The Morgan fingerprint density at radius 1 is 1.32 bits per heavy atom. The number of hydrogen-bond donors (Lipinski definition) is 1. The van der Waals surface area contributed by atoms with Crippen molar-refractivity contribution in [3.63, 3.8) is 0 Å². The average Bonchev–Trinajstić information content (AvgIpc) is 2.85. The Kier molecular flexibility index (Phi) is 7.39. The molecule has 1 aromatic heterocycles. The van der Waals surface area contributed by atoms with Crippen LogP contribution in [0.1, 0.15) is 59.6 Å². The van der Waals surface area contributed by atoms with Gasteiger partial charge in [0.2, 0.25) is 0 Å². The van der Waals surface area contributed by atoms with E-state index in [9.17, 15) is 0 Å². The number of thiazole rings is 1. The van der Waals surface area contributed by atoms with Crippen molar-refractivity contribution in [1.82, 2.24) is 10.3 Å². The van der Waals surface area contributed by atoms with Crippen molar-refractivity contribution in [2.45, 2.75) is 72.5 Å². The first kappa shape index (κ1) is 16.4. The maximum Gasteiger partial charge on any atom is 0.185 e. The van der Waals surface area contributed by atoms with Crippen molar-refractivity contribution < 1.29 is 0 Å². The van der Waals surface area contributed by atoms with Crippen molar-refractivity contribution in [2.24, 2.45) is 0 Å². The third-order valence-corrected chi connectivity index (χ3v) is 4.28. The number of nitrogens with zero attached hydrogens (tertiary/aromatic N) is 2. The highest BCUT2D eigenvalue weighted by Gasteiger charge is 2.16. The van der Waals surface area contributed by atoms with E-state index < -0.39 is 0 Å². The molecule has 0 aliphatic heterocycles. The molecular weight excluding hydrogens is 254 g/mol. The molecule has 0 amide bonds. The predicted octanol–water partition coefficient (Wildman–Crippen LogP) is 4.05. The molecule has 1 atom stereocenters. The molecule has 1 N–H and O–H groups in total. The van der Waals surface area contributed by atoms with E-state index in [1.54, 1.807) is 11.3 Å². The van der Waals surface area contributed by atoms with E-state index in [1.165, 1.54) is 30.1 Å². The maximum atomic E-state index is 4.79. The van der Waals surface area contributed by atoms with Gasteiger partial charge in [0.05, 0.1) is 5.69 Å². The summed E-state index contributed by atoms with van der Waals surface area (Å²) in [5, 5.41) is 6.80. The van der Waals surface area contributed by atoms with Crippen LogP contribution in [0.4, 0.5) is 5.13 Å². The summed E-state index contributed by atoms with van der Waals surface area (Å²) in [7, 11) is 0. The minimum absolute atomic E-state index is 0.510. The zero-order chi connectivity index (χ0) is 14.3. The topological polar surface area (TPSA) is 28.2 Å². The molecule has 110 valence electrons. The molecule has 0 saturated heterocycles. The number of anilines is 1. The van der Waals surface area contributed by atoms with E-state index in [1.807, 2.05) is 0 Å². The molecule has 1 unspecified atom stereocenters. The third-order valence-electron chi connectivity index (χ3n) is 3.35. The minimum atomic E-state index is 0.510.